The third-order valence-electron chi connectivity index (χ3n) is 4.27. The zero-order valence-corrected chi connectivity index (χ0v) is 14.2. The maximum Gasteiger partial charge on any atom is 0.289 e. The van der Waals surface area contributed by atoms with Crippen molar-refractivity contribution in [1.82, 2.24) is 20.6 Å². The number of nitrogens with one attached hydrogen (secondary N) is 3. The summed E-state index contributed by atoms with van der Waals surface area (Å²) in [5.74, 6) is -0.326. The standard InChI is InChI=1S/C20H17N5O/c1-13-18(14-7-3-2-4-8-14)23-24-19(13)20(26)25-22-12-15-11-21-17-10-6-5-9-16(15)17/h2-12,21H,1H3,(H,23,24)(H,25,26). The monoisotopic (exact) mass is 343 g/mol. The molecule has 0 spiro atoms. The van der Waals surface area contributed by atoms with Gasteiger partial charge in [-0.1, -0.05) is 48.5 Å². The average molecular weight is 343 g/mol. The van der Waals surface area contributed by atoms with E-state index in [-0.39, 0.29) is 5.91 Å². The lowest BCUT2D eigenvalue weighted by molar-refractivity contribution is 0.0949. The van der Waals surface area contributed by atoms with Crippen LogP contribution in [0.3, 0.4) is 0 Å². The van der Waals surface area contributed by atoms with Crippen LogP contribution in [0.15, 0.2) is 65.9 Å². The Labute approximate surface area is 150 Å². The van der Waals surface area contributed by atoms with E-state index in [4.69, 9.17) is 0 Å². The molecule has 128 valence electrons. The smallest absolute Gasteiger partial charge is 0.289 e. The van der Waals surface area contributed by atoms with Crippen molar-refractivity contribution in [1.29, 1.82) is 0 Å². The lowest BCUT2D eigenvalue weighted by Crippen LogP contribution is -2.19. The first-order chi connectivity index (χ1) is 12.7. The highest BCUT2D eigenvalue weighted by molar-refractivity contribution is 6.00. The fraction of sp³-hybridized carbons (Fsp3) is 0.0500. The highest BCUT2D eigenvalue weighted by Gasteiger charge is 2.16. The van der Waals surface area contributed by atoms with Gasteiger partial charge in [0.15, 0.2) is 0 Å². The maximum absolute atomic E-state index is 12.4. The van der Waals surface area contributed by atoms with Crippen molar-refractivity contribution in [3.05, 3.63) is 77.6 Å². The topological polar surface area (TPSA) is 85.9 Å². The first-order valence-electron chi connectivity index (χ1n) is 8.24. The molecule has 26 heavy (non-hydrogen) atoms. The summed E-state index contributed by atoms with van der Waals surface area (Å²) in [6.07, 6.45) is 3.48. The summed E-state index contributed by atoms with van der Waals surface area (Å²) >= 11 is 0. The van der Waals surface area contributed by atoms with E-state index >= 15 is 0 Å². The number of fused-ring (bicyclic) bond motifs is 1. The predicted octanol–water partition coefficient (Wildman–Crippen LogP) is 3.63. The molecule has 2 aromatic carbocycles. The normalized spacial score (nSPS) is 11.3. The van der Waals surface area contributed by atoms with Crippen LogP contribution in [0.5, 0.6) is 0 Å². The number of carbonyl (C=O) groups is 1. The molecule has 0 saturated heterocycles. The highest BCUT2D eigenvalue weighted by atomic mass is 16.2. The van der Waals surface area contributed by atoms with Gasteiger partial charge in [-0.25, -0.2) is 5.43 Å². The quantitative estimate of drug-likeness (QED) is 0.390. The molecule has 0 aliphatic carbocycles. The Kier molecular flexibility index (Phi) is 4.07. The molecule has 0 atom stereocenters. The Balaban J connectivity index is 1.51. The van der Waals surface area contributed by atoms with E-state index < -0.39 is 0 Å². The number of hydrazone groups is 1. The number of nitrogens with zero attached hydrogens (tertiary/aromatic N) is 2. The van der Waals surface area contributed by atoms with Crippen molar-refractivity contribution < 1.29 is 4.79 Å². The lowest BCUT2D eigenvalue weighted by Gasteiger charge is -2.00. The number of hydrogen-bond acceptors (Lipinski definition) is 3. The summed E-state index contributed by atoms with van der Waals surface area (Å²) in [5, 5.41) is 12.2. The molecule has 2 aromatic heterocycles. The van der Waals surface area contributed by atoms with Gasteiger partial charge < -0.3 is 4.98 Å². The molecule has 2 heterocycles. The Morgan fingerprint density at radius 3 is 2.73 bits per heavy atom. The van der Waals surface area contributed by atoms with Crippen LogP contribution >= 0.6 is 0 Å². The van der Waals surface area contributed by atoms with Gasteiger partial charge in [-0.2, -0.15) is 10.2 Å². The molecule has 0 unspecified atom stereocenters. The van der Waals surface area contributed by atoms with Crippen LogP contribution < -0.4 is 5.43 Å². The van der Waals surface area contributed by atoms with E-state index in [1.165, 1.54) is 0 Å². The van der Waals surface area contributed by atoms with Gasteiger partial charge in [-0.15, -0.1) is 0 Å². The van der Waals surface area contributed by atoms with Gasteiger partial charge in [0, 0.05) is 33.8 Å². The second kappa shape index (κ2) is 6.68. The lowest BCUT2D eigenvalue weighted by atomic mass is 10.1. The minimum atomic E-state index is -0.326. The molecule has 0 radical (unpaired) electrons. The zero-order chi connectivity index (χ0) is 17.9. The largest absolute Gasteiger partial charge is 0.361 e. The molecule has 0 saturated carbocycles. The van der Waals surface area contributed by atoms with E-state index in [1.54, 1.807) is 6.21 Å². The number of benzene rings is 2. The molecule has 0 bridgehead atoms. The number of para-hydroxylation sites is 1. The molecule has 1 amide bonds. The number of carbonyl (C=O) groups excluding carboxylic acids is 1. The number of hydrogen-bond donors (Lipinski definition) is 3. The van der Waals surface area contributed by atoms with Crippen molar-refractivity contribution in [2.75, 3.05) is 0 Å². The van der Waals surface area contributed by atoms with Gasteiger partial charge >= 0.3 is 0 Å². The predicted molar refractivity (Wildman–Crippen MR) is 102 cm³/mol. The average Bonchev–Trinajstić information content (AvgIpc) is 3.26. The SMILES string of the molecule is Cc1c(-c2ccccc2)n[nH]c1C(=O)NN=Cc1c[nH]c2ccccc12. The Morgan fingerprint density at radius 2 is 1.88 bits per heavy atom. The molecule has 0 aliphatic heterocycles. The maximum atomic E-state index is 12.4. The third-order valence-corrected chi connectivity index (χ3v) is 4.27. The summed E-state index contributed by atoms with van der Waals surface area (Å²) in [6, 6.07) is 17.7. The van der Waals surface area contributed by atoms with Gasteiger partial charge in [-0.05, 0) is 13.0 Å². The first-order valence-corrected chi connectivity index (χ1v) is 8.24. The third kappa shape index (κ3) is 2.88. The molecule has 6 nitrogen and oxygen atoms in total. The van der Waals surface area contributed by atoms with Crippen molar-refractivity contribution in [2.45, 2.75) is 6.92 Å². The number of aromatic amines is 2. The van der Waals surface area contributed by atoms with Crippen LogP contribution in [0.25, 0.3) is 22.2 Å². The van der Waals surface area contributed by atoms with Crippen molar-refractivity contribution in [3.8, 4) is 11.3 Å². The van der Waals surface area contributed by atoms with E-state index in [0.29, 0.717) is 5.69 Å². The Morgan fingerprint density at radius 1 is 1.12 bits per heavy atom. The van der Waals surface area contributed by atoms with Crippen LogP contribution in [-0.4, -0.2) is 27.3 Å². The summed E-state index contributed by atoms with van der Waals surface area (Å²) in [6.45, 7) is 1.87. The minimum absolute atomic E-state index is 0.326. The first kappa shape index (κ1) is 15.8. The van der Waals surface area contributed by atoms with E-state index in [2.05, 4.69) is 25.7 Å². The Hall–Kier alpha value is -3.67. The fourth-order valence-corrected chi connectivity index (χ4v) is 2.91. The molecule has 3 N–H and O–H groups in total. The van der Waals surface area contributed by atoms with Gasteiger partial charge in [0.25, 0.3) is 5.91 Å². The molecule has 4 aromatic rings. The van der Waals surface area contributed by atoms with Crippen LogP contribution in [0, 0.1) is 6.92 Å². The molecular weight excluding hydrogens is 326 g/mol. The molecule has 4 rings (SSSR count). The minimum Gasteiger partial charge on any atom is -0.361 e. The van der Waals surface area contributed by atoms with Crippen LogP contribution in [0.4, 0.5) is 0 Å². The van der Waals surface area contributed by atoms with Gasteiger partial charge in [0.05, 0.1) is 11.9 Å². The van der Waals surface area contributed by atoms with Crippen LogP contribution in [0.1, 0.15) is 21.6 Å². The van der Waals surface area contributed by atoms with Crippen LogP contribution in [0.2, 0.25) is 0 Å². The summed E-state index contributed by atoms with van der Waals surface area (Å²) in [7, 11) is 0. The van der Waals surface area contributed by atoms with Crippen molar-refractivity contribution in [3.63, 3.8) is 0 Å². The van der Waals surface area contributed by atoms with Crippen molar-refractivity contribution >= 4 is 23.0 Å². The summed E-state index contributed by atoms with van der Waals surface area (Å²) < 4.78 is 0. The van der Waals surface area contributed by atoms with E-state index in [0.717, 1.165) is 33.3 Å². The summed E-state index contributed by atoms with van der Waals surface area (Å²) in [4.78, 5) is 15.6. The highest BCUT2D eigenvalue weighted by Crippen LogP contribution is 2.22. The zero-order valence-electron chi connectivity index (χ0n) is 14.2. The fourth-order valence-electron chi connectivity index (χ4n) is 2.91. The number of amides is 1. The summed E-state index contributed by atoms with van der Waals surface area (Å²) in [5.41, 5.74) is 7.40. The second-order valence-corrected chi connectivity index (χ2v) is 5.93. The van der Waals surface area contributed by atoms with Gasteiger partial charge in [-0.3, -0.25) is 9.89 Å². The van der Waals surface area contributed by atoms with Crippen molar-refractivity contribution in [2.24, 2.45) is 5.10 Å². The van der Waals surface area contributed by atoms with E-state index in [9.17, 15) is 4.79 Å². The molecule has 6 heteroatoms. The number of rotatable bonds is 4. The van der Waals surface area contributed by atoms with Gasteiger partial charge in [0.1, 0.15) is 5.69 Å². The molecule has 0 aliphatic rings. The molecular formula is C20H17N5O. The molecule has 0 fully saturated rings. The number of aromatic nitrogens is 3. The Bertz CT molecular complexity index is 1090. The van der Waals surface area contributed by atoms with Gasteiger partial charge in [0.2, 0.25) is 0 Å². The van der Waals surface area contributed by atoms with E-state index in [1.807, 2.05) is 67.7 Å². The number of H-pyrrole nitrogens is 2. The van der Waals surface area contributed by atoms with Crippen LogP contribution in [-0.2, 0) is 0 Å². The second-order valence-electron chi connectivity index (χ2n) is 5.93.